The Morgan fingerprint density at radius 1 is 1.33 bits per heavy atom. The highest BCUT2D eigenvalue weighted by molar-refractivity contribution is 7.99. The quantitative estimate of drug-likeness (QED) is 0.844. The minimum absolute atomic E-state index is 0.0657. The number of sulfonamides is 1. The molecule has 0 atom stereocenters. The predicted octanol–water partition coefficient (Wildman–Crippen LogP) is 2.24. The number of benzene rings is 1. The lowest BCUT2D eigenvalue weighted by atomic mass is 10.3. The first-order valence-corrected chi connectivity index (χ1v) is 7.91. The molecule has 0 amide bonds. The van der Waals surface area contributed by atoms with Gasteiger partial charge in [-0.3, -0.25) is 4.72 Å². The molecule has 18 heavy (non-hydrogen) atoms. The van der Waals surface area contributed by atoms with Crippen molar-refractivity contribution in [3.8, 4) is 0 Å². The lowest BCUT2D eigenvalue weighted by Crippen LogP contribution is -2.13. The molecule has 5 nitrogen and oxygen atoms in total. The van der Waals surface area contributed by atoms with E-state index in [2.05, 4.69) is 14.7 Å². The van der Waals surface area contributed by atoms with Crippen molar-refractivity contribution in [2.24, 2.45) is 0 Å². The van der Waals surface area contributed by atoms with Crippen LogP contribution in [0.5, 0.6) is 0 Å². The van der Waals surface area contributed by atoms with Gasteiger partial charge in [0.05, 0.1) is 11.9 Å². The van der Waals surface area contributed by atoms with Crippen LogP contribution < -0.4 is 4.72 Å². The molecule has 0 radical (unpaired) electrons. The van der Waals surface area contributed by atoms with Gasteiger partial charge < -0.3 is 4.98 Å². The second kappa shape index (κ2) is 5.03. The fourth-order valence-corrected chi connectivity index (χ4v) is 3.13. The standard InChI is InChI=1S/C11H13N3O2S2/c1-8-12-7-11(13-8)18(15,16)14-9-5-3-4-6-10(9)17-2/h3-7,14H,1-2H3,(H,12,13). The minimum Gasteiger partial charge on any atom is -0.332 e. The maximum atomic E-state index is 12.1. The van der Waals surface area contributed by atoms with Crippen LogP contribution in [-0.4, -0.2) is 24.6 Å². The molecule has 0 bridgehead atoms. The normalized spacial score (nSPS) is 11.4. The molecule has 0 aliphatic heterocycles. The summed E-state index contributed by atoms with van der Waals surface area (Å²) in [5, 5.41) is 0.0657. The topological polar surface area (TPSA) is 74.8 Å². The summed E-state index contributed by atoms with van der Waals surface area (Å²) >= 11 is 1.48. The van der Waals surface area contributed by atoms with E-state index in [1.54, 1.807) is 19.1 Å². The smallest absolute Gasteiger partial charge is 0.279 e. The summed E-state index contributed by atoms with van der Waals surface area (Å²) in [5.41, 5.74) is 0.567. The van der Waals surface area contributed by atoms with E-state index < -0.39 is 10.0 Å². The van der Waals surface area contributed by atoms with Gasteiger partial charge in [0.1, 0.15) is 5.82 Å². The Labute approximate surface area is 110 Å². The van der Waals surface area contributed by atoms with E-state index in [-0.39, 0.29) is 5.03 Å². The predicted molar refractivity (Wildman–Crippen MR) is 72.4 cm³/mol. The van der Waals surface area contributed by atoms with E-state index in [4.69, 9.17) is 0 Å². The van der Waals surface area contributed by atoms with Crippen molar-refractivity contribution in [2.45, 2.75) is 16.8 Å². The number of para-hydroxylation sites is 1. The van der Waals surface area contributed by atoms with E-state index in [1.165, 1.54) is 18.0 Å². The van der Waals surface area contributed by atoms with E-state index in [0.717, 1.165) is 4.90 Å². The molecule has 1 aromatic carbocycles. The maximum Gasteiger partial charge on any atom is 0.279 e. The number of thioether (sulfide) groups is 1. The Morgan fingerprint density at radius 2 is 2.06 bits per heavy atom. The number of rotatable bonds is 4. The van der Waals surface area contributed by atoms with Gasteiger partial charge in [-0.25, -0.2) is 4.98 Å². The molecule has 2 aromatic rings. The van der Waals surface area contributed by atoms with E-state index >= 15 is 0 Å². The third-order valence-electron chi connectivity index (χ3n) is 2.32. The average molecular weight is 283 g/mol. The summed E-state index contributed by atoms with van der Waals surface area (Å²) in [6, 6.07) is 7.24. The highest BCUT2D eigenvalue weighted by Crippen LogP contribution is 2.26. The number of anilines is 1. The van der Waals surface area contributed by atoms with Gasteiger partial charge in [0, 0.05) is 4.90 Å². The van der Waals surface area contributed by atoms with Crippen LogP contribution in [0.2, 0.25) is 0 Å². The highest BCUT2D eigenvalue weighted by Gasteiger charge is 2.17. The van der Waals surface area contributed by atoms with Crippen molar-refractivity contribution in [3.63, 3.8) is 0 Å². The van der Waals surface area contributed by atoms with E-state index in [1.807, 2.05) is 18.4 Å². The highest BCUT2D eigenvalue weighted by atomic mass is 32.2. The molecule has 2 N–H and O–H groups in total. The van der Waals surface area contributed by atoms with Crippen LogP contribution in [0.1, 0.15) is 5.82 Å². The fourth-order valence-electron chi connectivity index (χ4n) is 1.46. The van der Waals surface area contributed by atoms with Crippen LogP contribution in [0.3, 0.4) is 0 Å². The molecule has 2 rings (SSSR count). The molecule has 1 aromatic heterocycles. The fraction of sp³-hybridized carbons (Fsp3) is 0.182. The van der Waals surface area contributed by atoms with Gasteiger partial charge in [0.15, 0.2) is 5.03 Å². The third kappa shape index (κ3) is 2.68. The van der Waals surface area contributed by atoms with Gasteiger partial charge in [0.25, 0.3) is 10.0 Å². The Bertz CT molecular complexity index is 650. The number of H-pyrrole nitrogens is 1. The molecule has 0 aliphatic rings. The molecule has 0 aliphatic carbocycles. The van der Waals surface area contributed by atoms with Gasteiger partial charge in [-0.15, -0.1) is 11.8 Å². The number of aromatic nitrogens is 2. The summed E-state index contributed by atoms with van der Waals surface area (Å²) in [6.45, 7) is 1.70. The SMILES string of the molecule is CSc1ccccc1NS(=O)(=O)c1cnc(C)[nH]1. The van der Waals surface area contributed by atoms with Gasteiger partial charge in [-0.05, 0) is 25.3 Å². The second-order valence-corrected chi connectivity index (χ2v) is 6.14. The number of aryl methyl sites for hydroxylation is 1. The van der Waals surface area contributed by atoms with Gasteiger partial charge in [-0.2, -0.15) is 8.42 Å². The van der Waals surface area contributed by atoms with E-state index in [9.17, 15) is 8.42 Å². The summed E-state index contributed by atoms with van der Waals surface area (Å²) in [7, 11) is -3.61. The Kier molecular flexibility index (Phi) is 3.63. The van der Waals surface area contributed by atoms with Crippen molar-refractivity contribution in [3.05, 3.63) is 36.3 Å². The third-order valence-corrected chi connectivity index (χ3v) is 4.39. The lowest BCUT2D eigenvalue weighted by Gasteiger charge is -2.09. The molecular formula is C11H13N3O2S2. The monoisotopic (exact) mass is 283 g/mol. The van der Waals surface area contributed by atoms with Crippen LogP contribution >= 0.6 is 11.8 Å². The molecule has 0 unspecified atom stereocenters. The summed E-state index contributed by atoms with van der Waals surface area (Å²) < 4.78 is 26.7. The van der Waals surface area contributed by atoms with Gasteiger partial charge >= 0.3 is 0 Å². The lowest BCUT2D eigenvalue weighted by molar-refractivity contribution is 0.598. The van der Waals surface area contributed by atoms with Crippen LogP contribution in [0.4, 0.5) is 5.69 Å². The van der Waals surface area contributed by atoms with Crippen molar-refractivity contribution >= 4 is 27.5 Å². The first-order valence-electron chi connectivity index (χ1n) is 5.20. The van der Waals surface area contributed by atoms with Crippen LogP contribution in [0, 0.1) is 6.92 Å². The number of imidazole rings is 1. The molecule has 0 saturated carbocycles. The van der Waals surface area contributed by atoms with Crippen molar-refractivity contribution in [2.75, 3.05) is 11.0 Å². The van der Waals surface area contributed by atoms with Crippen molar-refractivity contribution < 1.29 is 8.42 Å². The summed E-state index contributed by atoms with van der Waals surface area (Å²) in [4.78, 5) is 7.47. The average Bonchev–Trinajstić information content (AvgIpc) is 2.77. The Hall–Kier alpha value is -1.47. The number of hydrogen-bond acceptors (Lipinski definition) is 4. The zero-order valence-corrected chi connectivity index (χ0v) is 11.6. The molecule has 7 heteroatoms. The molecule has 0 saturated heterocycles. The molecule has 0 spiro atoms. The van der Waals surface area contributed by atoms with Gasteiger partial charge in [-0.1, -0.05) is 12.1 Å². The first-order chi connectivity index (χ1) is 8.53. The number of nitrogens with zero attached hydrogens (tertiary/aromatic N) is 1. The first kappa shape index (κ1) is 13.0. The Morgan fingerprint density at radius 3 is 2.67 bits per heavy atom. The van der Waals surface area contributed by atoms with Crippen molar-refractivity contribution in [1.82, 2.24) is 9.97 Å². The second-order valence-electron chi connectivity index (χ2n) is 3.64. The van der Waals surface area contributed by atoms with Crippen molar-refractivity contribution in [1.29, 1.82) is 0 Å². The van der Waals surface area contributed by atoms with Crippen LogP contribution in [0.25, 0.3) is 0 Å². The largest absolute Gasteiger partial charge is 0.332 e. The molecule has 96 valence electrons. The number of hydrogen-bond donors (Lipinski definition) is 2. The number of aromatic amines is 1. The summed E-state index contributed by atoms with van der Waals surface area (Å²) in [5.74, 6) is 0.563. The maximum absolute atomic E-state index is 12.1. The summed E-state index contributed by atoms with van der Waals surface area (Å²) in [6.07, 6.45) is 3.20. The molecule has 1 heterocycles. The zero-order valence-electron chi connectivity index (χ0n) is 9.97. The van der Waals surface area contributed by atoms with Crippen LogP contribution in [-0.2, 0) is 10.0 Å². The molecule has 0 fully saturated rings. The van der Waals surface area contributed by atoms with Gasteiger partial charge in [0.2, 0.25) is 0 Å². The number of nitrogens with one attached hydrogen (secondary N) is 2. The van der Waals surface area contributed by atoms with E-state index in [0.29, 0.717) is 11.5 Å². The Balaban J connectivity index is 2.33. The molecular weight excluding hydrogens is 270 g/mol. The minimum atomic E-state index is -3.61. The zero-order chi connectivity index (χ0) is 13.2. The van der Waals surface area contributed by atoms with Crippen LogP contribution in [0.15, 0.2) is 40.4 Å².